The highest BCUT2D eigenvalue weighted by atomic mass is 32.2. The second-order valence-corrected chi connectivity index (χ2v) is 11.8. The van der Waals surface area contributed by atoms with Crippen LogP contribution in [0.25, 0.3) is 0 Å². The molecule has 0 amide bonds. The predicted octanol–water partition coefficient (Wildman–Crippen LogP) is 2.49. The molecular weight excluding hydrogens is 424 g/mol. The standard InChI is InChI=1S/C21H26N2O5S2/c1-11-16-14(8-15(30(3,26)27)20(11)29(25)10-12-4-5-12)9-28-21(23-2)17(19(16)24)18(22)13-6-7-13/h8,12-13,22-23H,4-7,9-10H2,1-3H3. The first-order chi connectivity index (χ1) is 14.1. The van der Waals surface area contributed by atoms with E-state index in [0.29, 0.717) is 28.4 Å². The Bertz CT molecular complexity index is 1110. The van der Waals surface area contributed by atoms with Gasteiger partial charge < -0.3 is 15.5 Å². The minimum atomic E-state index is -3.66. The van der Waals surface area contributed by atoms with Crippen molar-refractivity contribution in [3.8, 4) is 0 Å². The van der Waals surface area contributed by atoms with Gasteiger partial charge in [0.05, 0.1) is 26.3 Å². The van der Waals surface area contributed by atoms with Gasteiger partial charge in [0.2, 0.25) is 5.78 Å². The number of benzene rings is 1. The number of carbonyl (C=O) groups excluding carboxylic acids is 1. The van der Waals surface area contributed by atoms with Gasteiger partial charge in [0, 0.05) is 36.1 Å². The van der Waals surface area contributed by atoms with Crippen LogP contribution in [0.15, 0.2) is 27.3 Å². The fraction of sp³-hybridized carbons (Fsp3) is 0.524. The largest absolute Gasteiger partial charge is 0.474 e. The summed E-state index contributed by atoms with van der Waals surface area (Å²) >= 11 is 0. The van der Waals surface area contributed by atoms with E-state index in [2.05, 4.69) is 5.32 Å². The zero-order valence-electron chi connectivity index (χ0n) is 17.3. The van der Waals surface area contributed by atoms with Crippen molar-refractivity contribution in [1.82, 2.24) is 5.32 Å². The molecule has 1 atom stereocenters. The highest BCUT2D eigenvalue weighted by Crippen LogP contribution is 2.39. The number of nitrogens with one attached hydrogen (secondary N) is 2. The Hall–Kier alpha value is -2.00. The molecule has 0 spiro atoms. The third-order valence-corrected chi connectivity index (χ3v) is 8.82. The molecular formula is C21H26N2O5S2. The number of ketones is 1. The molecule has 1 heterocycles. The maximum atomic E-state index is 13.6. The van der Waals surface area contributed by atoms with E-state index in [9.17, 15) is 17.4 Å². The van der Waals surface area contributed by atoms with Crippen LogP contribution in [0, 0.1) is 24.2 Å². The van der Waals surface area contributed by atoms with Crippen molar-refractivity contribution < 1.29 is 22.2 Å². The van der Waals surface area contributed by atoms with Gasteiger partial charge in [-0.15, -0.1) is 0 Å². The molecule has 7 nitrogen and oxygen atoms in total. The molecule has 4 rings (SSSR count). The summed E-state index contributed by atoms with van der Waals surface area (Å²) in [7, 11) is -3.56. The topological polar surface area (TPSA) is 113 Å². The van der Waals surface area contributed by atoms with Crippen LogP contribution in [0.1, 0.15) is 47.2 Å². The van der Waals surface area contributed by atoms with Crippen LogP contribution in [0.2, 0.25) is 0 Å². The van der Waals surface area contributed by atoms with Gasteiger partial charge in [-0.3, -0.25) is 9.00 Å². The monoisotopic (exact) mass is 450 g/mol. The number of hydrogen-bond acceptors (Lipinski definition) is 7. The first-order valence-electron chi connectivity index (χ1n) is 10.1. The van der Waals surface area contributed by atoms with Crippen molar-refractivity contribution in [2.75, 3.05) is 19.1 Å². The van der Waals surface area contributed by atoms with E-state index in [4.69, 9.17) is 10.1 Å². The highest BCUT2D eigenvalue weighted by Gasteiger charge is 2.38. The maximum Gasteiger partial charge on any atom is 0.200 e. The summed E-state index contributed by atoms with van der Waals surface area (Å²) in [5.74, 6) is 0.635. The van der Waals surface area contributed by atoms with Crippen LogP contribution in [-0.2, 0) is 32.0 Å². The lowest BCUT2D eigenvalue weighted by Gasteiger charge is -2.17. The molecule has 3 aliphatic rings. The molecule has 2 saturated carbocycles. The Labute approximate surface area is 179 Å². The van der Waals surface area contributed by atoms with E-state index in [1.54, 1.807) is 14.0 Å². The van der Waals surface area contributed by atoms with Gasteiger partial charge in [0.15, 0.2) is 15.7 Å². The predicted molar refractivity (Wildman–Crippen MR) is 114 cm³/mol. The lowest BCUT2D eigenvalue weighted by Crippen LogP contribution is -2.23. The Balaban J connectivity index is 1.91. The molecule has 2 aliphatic carbocycles. The fourth-order valence-corrected chi connectivity index (χ4v) is 7.11. The highest BCUT2D eigenvalue weighted by molar-refractivity contribution is 7.92. The van der Waals surface area contributed by atoms with E-state index < -0.39 is 20.6 Å². The summed E-state index contributed by atoms with van der Waals surface area (Å²) in [6.45, 7) is 1.66. The molecule has 2 N–H and O–H groups in total. The third-order valence-electron chi connectivity index (χ3n) is 5.81. The lowest BCUT2D eigenvalue weighted by atomic mass is 9.91. The first kappa shape index (κ1) is 21.2. The maximum absolute atomic E-state index is 13.6. The number of Topliss-reactive ketones (excluding diaryl/α,β-unsaturated/α-hetero) is 1. The smallest absolute Gasteiger partial charge is 0.200 e. The zero-order valence-corrected chi connectivity index (χ0v) is 19.0. The minimum Gasteiger partial charge on any atom is -0.474 e. The van der Waals surface area contributed by atoms with Gasteiger partial charge in [-0.05, 0) is 50.2 Å². The van der Waals surface area contributed by atoms with E-state index >= 15 is 0 Å². The molecule has 0 bridgehead atoms. The van der Waals surface area contributed by atoms with Crippen molar-refractivity contribution >= 4 is 32.1 Å². The van der Waals surface area contributed by atoms with E-state index in [1.165, 1.54) is 6.07 Å². The Morgan fingerprint density at radius 1 is 1.30 bits per heavy atom. The van der Waals surface area contributed by atoms with Gasteiger partial charge in [-0.2, -0.15) is 0 Å². The quantitative estimate of drug-likeness (QED) is 0.617. The molecule has 1 aromatic rings. The number of sulfone groups is 1. The van der Waals surface area contributed by atoms with Crippen molar-refractivity contribution in [2.24, 2.45) is 11.8 Å². The molecule has 1 aliphatic heterocycles. The van der Waals surface area contributed by atoms with Gasteiger partial charge in [-0.25, -0.2) is 8.42 Å². The normalized spacial score (nSPS) is 20.3. The SMILES string of the molecule is CNC1=C(C(=N)C2CC2)C(=O)c2c(cc(S(C)(=O)=O)c(S(=O)CC3CC3)c2C)CO1. The number of fused-ring (bicyclic) bond motifs is 1. The summed E-state index contributed by atoms with van der Waals surface area (Å²) in [6, 6.07) is 1.44. The van der Waals surface area contributed by atoms with Gasteiger partial charge in [0.1, 0.15) is 12.2 Å². The molecule has 0 saturated heterocycles. The second-order valence-electron chi connectivity index (χ2n) is 8.35. The number of allylic oxidation sites excluding steroid dienone is 1. The Kier molecular flexibility index (Phi) is 5.38. The van der Waals surface area contributed by atoms with E-state index in [0.717, 1.165) is 31.9 Å². The van der Waals surface area contributed by atoms with E-state index in [1.807, 2.05) is 0 Å². The Morgan fingerprint density at radius 3 is 2.50 bits per heavy atom. The number of carbonyl (C=O) groups is 1. The van der Waals surface area contributed by atoms with Crippen molar-refractivity contribution in [3.05, 3.63) is 34.2 Å². The minimum absolute atomic E-state index is 0.000797. The molecule has 1 aromatic carbocycles. The molecule has 0 aromatic heterocycles. The third kappa shape index (κ3) is 3.85. The van der Waals surface area contributed by atoms with Crippen LogP contribution in [0.3, 0.4) is 0 Å². The van der Waals surface area contributed by atoms with Crippen LogP contribution < -0.4 is 5.32 Å². The summed E-state index contributed by atoms with van der Waals surface area (Å²) in [5.41, 5.74) is 1.60. The van der Waals surface area contributed by atoms with Crippen molar-refractivity contribution in [2.45, 2.75) is 49.0 Å². The lowest BCUT2D eigenvalue weighted by molar-refractivity contribution is 0.103. The summed E-state index contributed by atoms with van der Waals surface area (Å²) in [6.07, 6.45) is 4.81. The van der Waals surface area contributed by atoms with Crippen LogP contribution in [-0.4, -0.2) is 43.2 Å². The molecule has 1 unspecified atom stereocenters. The number of ether oxygens (including phenoxy) is 1. The molecule has 0 radical (unpaired) electrons. The molecule has 162 valence electrons. The van der Waals surface area contributed by atoms with Crippen molar-refractivity contribution in [1.29, 1.82) is 5.41 Å². The summed E-state index contributed by atoms with van der Waals surface area (Å²) in [5, 5.41) is 11.4. The average molecular weight is 451 g/mol. The molecule has 30 heavy (non-hydrogen) atoms. The van der Waals surface area contributed by atoms with Gasteiger partial charge >= 0.3 is 0 Å². The zero-order chi connectivity index (χ0) is 21.8. The summed E-state index contributed by atoms with van der Waals surface area (Å²) < 4.78 is 44.0. The average Bonchev–Trinajstić information content (AvgIpc) is 3.54. The van der Waals surface area contributed by atoms with Crippen LogP contribution >= 0.6 is 0 Å². The number of hydrogen-bond donors (Lipinski definition) is 2. The fourth-order valence-electron chi connectivity index (χ4n) is 3.87. The van der Waals surface area contributed by atoms with Crippen LogP contribution in [0.5, 0.6) is 0 Å². The first-order valence-corrected chi connectivity index (χ1v) is 13.3. The van der Waals surface area contributed by atoms with Gasteiger partial charge in [0.25, 0.3) is 0 Å². The number of rotatable bonds is 7. The second kappa shape index (κ2) is 7.60. The van der Waals surface area contributed by atoms with E-state index in [-0.39, 0.29) is 45.3 Å². The van der Waals surface area contributed by atoms with Gasteiger partial charge in [-0.1, -0.05) is 0 Å². The van der Waals surface area contributed by atoms with Crippen LogP contribution in [0.4, 0.5) is 0 Å². The Morgan fingerprint density at radius 2 is 1.97 bits per heavy atom. The molecule has 9 heteroatoms. The van der Waals surface area contributed by atoms with Crippen molar-refractivity contribution in [3.63, 3.8) is 0 Å². The summed E-state index contributed by atoms with van der Waals surface area (Å²) in [4.78, 5) is 13.8. The molecule has 2 fully saturated rings.